The third-order valence-corrected chi connectivity index (χ3v) is 17.6. The predicted octanol–water partition coefficient (Wildman–Crippen LogP) is 9.45. The first kappa shape index (κ1) is 42.1. The molecule has 4 aliphatic rings. The summed E-state index contributed by atoms with van der Waals surface area (Å²) in [5, 5.41) is 26.1. The zero-order chi connectivity index (χ0) is 35.7. The molecule has 0 spiro atoms. The van der Waals surface area contributed by atoms with Crippen molar-refractivity contribution in [2.45, 2.75) is 162 Å². The summed E-state index contributed by atoms with van der Waals surface area (Å²) < 4.78 is 0. The van der Waals surface area contributed by atoms with Crippen LogP contribution in [0.5, 0.6) is 0 Å². The van der Waals surface area contributed by atoms with Gasteiger partial charge in [-0.05, 0) is 120 Å². The fourth-order valence-corrected chi connectivity index (χ4v) is 9.57. The van der Waals surface area contributed by atoms with Crippen molar-refractivity contribution in [3.8, 4) is 0 Å². The summed E-state index contributed by atoms with van der Waals surface area (Å²) >= 11 is 0. The summed E-state index contributed by atoms with van der Waals surface area (Å²) in [6.07, 6.45) is 10.8. The maximum absolute atomic E-state index is 13.1. The summed E-state index contributed by atoms with van der Waals surface area (Å²) in [7, 11) is 0. The van der Waals surface area contributed by atoms with Gasteiger partial charge >= 0.3 is 16.5 Å². The van der Waals surface area contributed by atoms with E-state index in [0.717, 1.165) is 51.4 Å². The van der Waals surface area contributed by atoms with E-state index in [1.54, 1.807) is 0 Å². The SMILES string of the molecule is C[C@@H]1CC[C@](C)(/C([O-])=C/C(=O)[C@]2(C)CC[C@H](C)C2(C)C)C1(C)C.C[C@@H]1CC[C@](C)(C(=O)/C=C(\[O-])[C@]2(C)CC[C@H](C)C2(C)C)C1(C)C.[Ni+2]. The van der Waals surface area contributed by atoms with Crippen molar-refractivity contribution in [1.29, 1.82) is 0 Å². The van der Waals surface area contributed by atoms with E-state index in [4.69, 9.17) is 0 Å². The van der Waals surface area contributed by atoms with Gasteiger partial charge in [0.15, 0.2) is 11.6 Å². The van der Waals surface area contributed by atoms with Crippen LogP contribution in [0.1, 0.15) is 162 Å². The molecule has 4 saturated carbocycles. The van der Waals surface area contributed by atoms with E-state index < -0.39 is 21.7 Å². The normalized spacial score (nSPS) is 42.0. The number of allylic oxidation sites excluding steroid dienone is 4. The van der Waals surface area contributed by atoms with Crippen LogP contribution in [-0.2, 0) is 26.1 Å². The van der Waals surface area contributed by atoms with Gasteiger partial charge in [-0.25, -0.2) is 0 Å². The molecule has 5 heteroatoms. The molecule has 0 saturated heterocycles. The molecule has 0 aliphatic heterocycles. The van der Waals surface area contributed by atoms with E-state index >= 15 is 0 Å². The molecule has 4 fully saturated rings. The minimum absolute atomic E-state index is 0. The molecule has 0 radical (unpaired) electrons. The van der Waals surface area contributed by atoms with Crippen molar-refractivity contribution >= 4 is 11.6 Å². The fraction of sp³-hybridized carbons (Fsp3) is 0.857. The summed E-state index contributed by atoms with van der Waals surface area (Å²) in [4.78, 5) is 26.1. The molecular weight excluding hydrogens is 627 g/mol. The second kappa shape index (κ2) is 13.2. The summed E-state index contributed by atoms with van der Waals surface area (Å²) in [6, 6.07) is 0. The maximum atomic E-state index is 13.1. The van der Waals surface area contributed by atoms with Gasteiger partial charge in [0.25, 0.3) is 0 Å². The second-order valence-corrected chi connectivity index (χ2v) is 19.7. The zero-order valence-corrected chi connectivity index (χ0v) is 34.1. The Hall–Kier alpha value is -1.09. The van der Waals surface area contributed by atoms with Gasteiger partial charge < -0.3 is 10.2 Å². The van der Waals surface area contributed by atoms with E-state index in [1.165, 1.54) is 12.2 Å². The molecule has 0 aromatic heterocycles. The van der Waals surface area contributed by atoms with Crippen LogP contribution in [-0.4, -0.2) is 11.6 Å². The Morgan fingerprint density at radius 2 is 0.638 bits per heavy atom. The monoisotopic (exact) mass is 696 g/mol. The molecule has 47 heavy (non-hydrogen) atoms. The Morgan fingerprint density at radius 1 is 0.447 bits per heavy atom. The Morgan fingerprint density at radius 3 is 0.809 bits per heavy atom. The molecule has 8 atom stereocenters. The Kier molecular flexibility index (Phi) is 11.8. The van der Waals surface area contributed by atoms with Gasteiger partial charge in [-0.1, -0.05) is 111 Å². The quantitative estimate of drug-likeness (QED) is 0.157. The zero-order valence-electron chi connectivity index (χ0n) is 33.1. The first-order valence-electron chi connectivity index (χ1n) is 18.5. The van der Waals surface area contributed by atoms with Gasteiger partial charge in [0.05, 0.1) is 0 Å². The Balaban J connectivity index is 0.000000320. The molecule has 0 heterocycles. The van der Waals surface area contributed by atoms with E-state index in [1.807, 2.05) is 0 Å². The van der Waals surface area contributed by atoms with Crippen LogP contribution < -0.4 is 10.2 Å². The minimum atomic E-state index is -0.410. The number of hydrogen-bond donors (Lipinski definition) is 0. The van der Waals surface area contributed by atoms with Crippen molar-refractivity contribution in [2.75, 3.05) is 0 Å². The molecule has 0 aromatic rings. The van der Waals surface area contributed by atoms with Crippen molar-refractivity contribution in [3.63, 3.8) is 0 Å². The van der Waals surface area contributed by atoms with E-state index in [-0.39, 0.29) is 61.2 Å². The summed E-state index contributed by atoms with van der Waals surface area (Å²) in [6.45, 7) is 34.6. The largest absolute Gasteiger partial charge is 2.00 e. The number of carbonyl (C=O) groups is 2. The van der Waals surface area contributed by atoms with Crippen LogP contribution in [0.2, 0.25) is 0 Å². The Labute approximate surface area is 299 Å². The molecule has 4 nitrogen and oxygen atoms in total. The maximum Gasteiger partial charge on any atom is 2.00 e. The molecule has 4 rings (SSSR count). The fourth-order valence-electron chi connectivity index (χ4n) is 9.57. The van der Waals surface area contributed by atoms with Gasteiger partial charge in [0.2, 0.25) is 0 Å². The number of carbonyl (C=O) groups excluding carboxylic acids is 2. The van der Waals surface area contributed by atoms with Gasteiger partial charge in [0.1, 0.15) is 0 Å². The van der Waals surface area contributed by atoms with Crippen LogP contribution in [0.4, 0.5) is 0 Å². The van der Waals surface area contributed by atoms with E-state index in [0.29, 0.717) is 23.7 Å². The third-order valence-electron chi connectivity index (χ3n) is 17.6. The predicted molar refractivity (Wildman–Crippen MR) is 187 cm³/mol. The number of rotatable bonds is 6. The summed E-state index contributed by atoms with van der Waals surface area (Å²) in [5.74, 6) is 2.25. The minimum Gasteiger partial charge on any atom is -0.875 e. The van der Waals surface area contributed by atoms with Crippen LogP contribution in [0, 0.1) is 67.0 Å². The second-order valence-electron chi connectivity index (χ2n) is 19.7. The summed E-state index contributed by atoms with van der Waals surface area (Å²) in [5.41, 5.74) is -1.86. The average Bonchev–Trinajstić information content (AvgIpc) is 3.49. The van der Waals surface area contributed by atoms with Crippen molar-refractivity contribution in [3.05, 3.63) is 23.7 Å². The van der Waals surface area contributed by atoms with Crippen molar-refractivity contribution in [2.24, 2.45) is 67.0 Å². The molecule has 0 bridgehead atoms. The van der Waals surface area contributed by atoms with Gasteiger partial charge in [-0.2, -0.15) is 0 Å². The first-order valence-corrected chi connectivity index (χ1v) is 18.5. The van der Waals surface area contributed by atoms with E-state index in [9.17, 15) is 19.8 Å². The van der Waals surface area contributed by atoms with Crippen LogP contribution in [0.15, 0.2) is 23.7 Å². The molecular formula is C42H70NiO4. The molecule has 0 unspecified atom stereocenters. The number of ketones is 2. The third kappa shape index (κ3) is 6.26. The van der Waals surface area contributed by atoms with E-state index in [2.05, 4.69) is 111 Å². The molecule has 0 N–H and O–H groups in total. The van der Waals surface area contributed by atoms with Crippen LogP contribution in [0.3, 0.4) is 0 Å². The van der Waals surface area contributed by atoms with Gasteiger partial charge in [-0.15, -0.1) is 11.5 Å². The molecule has 4 aliphatic carbocycles. The van der Waals surface area contributed by atoms with Crippen LogP contribution in [0.25, 0.3) is 0 Å². The van der Waals surface area contributed by atoms with Crippen molar-refractivity contribution < 1.29 is 36.3 Å². The standard InChI is InChI=1S/2C21H36O2.Ni/c2*1-14-9-11-20(7,18(14,3)4)16(22)13-17(23)21(8)12-10-15(2)19(21,5)6;/h2*13-15,22H,9-12H2,1-8H3;/q;;+2/p-2/b2*16-13-;/t2*14-,15+,20-,21+;/m10./s1. The molecule has 272 valence electrons. The molecule has 0 amide bonds. The first-order chi connectivity index (χ1) is 20.6. The van der Waals surface area contributed by atoms with Gasteiger partial charge in [-0.3, -0.25) is 9.59 Å². The topological polar surface area (TPSA) is 80.3 Å². The Bertz CT molecular complexity index is 1160. The smallest absolute Gasteiger partial charge is 0.875 e. The van der Waals surface area contributed by atoms with Crippen LogP contribution >= 0.6 is 0 Å². The number of hydrogen-bond acceptors (Lipinski definition) is 4. The van der Waals surface area contributed by atoms with Crippen molar-refractivity contribution in [1.82, 2.24) is 0 Å². The molecule has 0 aromatic carbocycles. The average molecular weight is 698 g/mol. The van der Waals surface area contributed by atoms with Gasteiger partial charge in [0, 0.05) is 10.8 Å².